The van der Waals surface area contributed by atoms with Crippen LogP contribution < -0.4 is 10.1 Å². The van der Waals surface area contributed by atoms with Crippen LogP contribution in [0.15, 0.2) is 18.5 Å². The minimum Gasteiger partial charge on any atom is -0.495 e. The van der Waals surface area contributed by atoms with Crippen LogP contribution in [-0.2, 0) is 11.2 Å². The highest BCUT2D eigenvalue weighted by Gasteiger charge is 2.04. The Morgan fingerprint density at radius 3 is 3.00 bits per heavy atom. The molecule has 1 atom stereocenters. The van der Waals surface area contributed by atoms with Crippen LogP contribution in [0.4, 0.5) is 0 Å². The molecule has 1 unspecified atom stereocenters. The van der Waals surface area contributed by atoms with E-state index in [-0.39, 0.29) is 12.0 Å². The molecule has 1 rings (SSSR count). The van der Waals surface area contributed by atoms with E-state index in [0.29, 0.717) is 31.6 Å². The minimum absolute atomic E-state index is 0.0153. The molecule has 0 fully saturated rings. The van der Waals surface area contributed by atoms with Crippen molar-refractivity contribution in [1.29, 1.82) is 0 Å². The number of methoxy groups -OCH3 is 1. The molecule has 0 aliphatic carbocycles. The van der Waals surface area contributed by atoms with E-state index in [1.807, 2.05) is 6.07 Å². The van der Waals surface area contributed by atoms with Crippen LogP contribution >= 0.6 is 0 Å². The summed E-state index contributed by atoms with van der Waals surface area (Å²) in [5.74, 6) is 0.681. The lowest BCUT2D eigenvalue weighted by molar-refractivity contribution is -0.121. The van der Waals surface area contributed by atoms with Crippen molar-refractivity contribution in [3.63, 3.8) is 0 Å². The number of carbonyl (C=O) groups excluding carboxylic acids is 1. The molecule has 0 aliphatic heterocycles. The van der Waals surface area contributed by atoms with Crippen molar-refractivity contribution in [2.45, 2.75) is 32.3 Å². The lowest BCUT2D eigenvalue weighted by Gasteiger charge is -2.07. The van der Waals surface area contributed by atoms with Gasteiger partial charge in [0.1, 0.15) is 5.75 Å². The Balaban J connectivity index is 2.29. The van der Waals surface area contributed by atoms with Crippen LogP contribution in [0.2, 0.25) is 0 Å². The van der Waals surface area contributed by atoms with Crippen LogP contribution in [-0.4, -0.2) is 35.8 Å². The summed E-state index contributed by atoms with van der Waals surface area (Å²) in [6.07, 6.45) is 4.59. The number of hydrogen-bond donors (Lipinski definition) is 2. The van der Waals surface area contributed by atoms with E-state index in [1.54, 1.807) is 26.4 Å². The fourth-order valence-corrected chi connectivity index (χ4v) is 1.48. The molecule has 0 bridgehead atoms. The van der Waals surface area contributed by atoms with Gasteiger partial charge in [-0.25, -0.2) is 0 Å². The number of carbonyl (C=O) groups is 1. The molecule has 0 aromatic carbocycles. The largest absolute Gasteiger partial charge is 0.495 e. The predicted octanol–water partition coefficient (Wildman–Crippen LogP) is 0.910. The maximum atomic E-state index is 11.5. The van der Waals surface area contributed by atoms with Gasteiger partial charge in [0.25, 0.3) is 0 Å². The zero-order valence-electron chi connectivity index (χ0n) is 10.8. The first-order valence-electron chi connectivity index (χ1n) is 6.04. The molecular formula is C13H20N2O3. The third kappa shape index (κ3) is 5.63. The van der Waals surface area contributed by atoms with Gasteiger partial charge < -0.3 is 15.2 Å². The number of amides is 1. The number of nitrogens with zero attached hydrogens (tertiary/aromatic N) is 1. The van der Waals surface area contributed by atoms with Gasteiger partial charge >= 0.3 is 0 Å². The maximum Gasteiger partial charge on any atom is 0.220 e. The lowest BCUT2D eigenvalue weighted by atomic mass is 10.1. The molecule has 100 valence electrons. The van der Waals surface area contributed by atoms with Gasteiger partial charge in [0.05, 0.1) is 19.4 Å². The van der Waals surface area contributed by atoms with E-state index in [0.717, 1.165) is 5.56 Å². The molecule has 5 heteroatoms. The van der Waals surface area contributed by atoms with Gasteiger partial charge in [0.2, 0.25) is 5.91 Å². The van der Waals surface area contributed by atoms with Crippen molar-refractivity contribution < 1.29 is 14.6 Å². The number of aliphatic hydroxyl groups is 1. The van der Waals surface area contributed by atoms with E-state index in [2.05, 4.69) is 10.3 Å². The first-order valence-corrected chi connectivity index (χ1v) is 6.04. The minimum atomic E-state index is -0.382. The summed E-state index contributed by atoms with van der Waals surface area (Å²) < 4.78 is 5.06. The Kier molecular flexibility index (Phi) is 6.14. The van der Waals surface area contributed by atoms with Gasteiger partial charge in [-0.05, 0) is 31.4 Å². The van der Waals surface area contributed by atoms with E-state index in [4.69, 9.17) is 9.84 Å². The first kappa shape index (κ1) is 14.4. The SMILES string of the molecule is COc1cncc(CCC(=O)NCCC(C)O)c1. The van der Waals surface area contributed by atoms with Crippen molar-refractivity contribution in [2.75, 3.05) is 13.7 Å². The summed E-state index contributed by atoms with van der Waals surface area (Å²) in [5.41, 5.74) is 0.972. The van der Waals surface area contributed by atoms with E-state index >= 15 is 0 Å². The summed E-state index contributed by atoms with van der Waals surface area (Å²) in [6.45, 7) is 2.21. The summed E-state index contributed by atoms with van der Waals surface area (Å²) in [6, 6.07) is 1.87. The fraction of sp³-hybridized carbons (Fsp3) is 0.538. The smallest absolute Gasteiger partial charge is 0.220 e. The monoisotopic (exact) mass is 252 g/mol. The summed E-state index contributed by atoms with van der Waals surface area (Å²) in [7, 11) is 1.59. The molecule has 1 amide bonds. The highest BCUT2D eigenvalue weighted by atomic mass is 16.5. The van der Waals surface area contributed by atoms with Crippen molar-refractivity contribution in [2.24, 2.45) is 0 Å². The predicted molar refractivity (Wildman–Crippen MR) is 68.4 cm³/mol. The van der Waals surface area contributed by atoms with Gasteiger partial charge in [0.15, 0.2) is 0 Å². The second-order valence-corrected chi connectivity index (χ2v) is 4.22. The lowest BCUT2D eigenvalue weighted by Crippen LogP contribution is -2.26. The number of aliphatic hydroxyl groups excluding tert-OH is 1. The molecule has 2 N–H and O–H groups in total. The summed E-state index contributed by atoms with van der Waals surface area (Å²) in [5, 5.41) is 11.8. The van der Waals surface area contributed by atoms with Crippen molar-refractivity contribution in [1.82, 2.24) is 10.3 Å². The van der Waals surface area contributed by atoms with Crippen molar-refractivity contribution in [3.05, 3.63) is 24.0 Å². The Hall–Kier alpha value is -1.62. The number of nitrogens with one attached hydrogen (secondary N) is 1. The van der Waals surface area contributed by atoms with Crippen LogP contribution in [0, 0.1) is 0 Å². The van der Waals surface area contributed by atoms with Crippen molar-refractivity contribution >= 4 is 5.91 Å². The second-order valence-electron chi connectivity index (χ2n) is 4.22. The maximum absolute atomic E-state index is 11.5. The number of aryl methyl sites for hydroxylation is 1. The molecular weight excluding hydrogens is 232 g/mol. The number of rotatable bonds is 7. The zero-order chi connectivity index (χ0) is 13.4. The van der Waals surface area contributed by atoms with Crippen LogP contribution in [0.25, 0.3) is 0 Å². The molecule has 0 aliphatic rings. The normalized spacial score (nSPS) is 11.9. The number of pyridine rings is 1. The van der Waals surface area contributed by atoms with Crippen LogP contribution in [0.1, 0.15) is 25.3 Å². The zero-order valence-corrected chi connectivity index (χ0v) is 10.8. The average molecular weight is 252 g/mol. The Morgan fingerprint density at radius 2 is 2.33 bits per heavy atom. The second kappa shape index (κ2) is 7.66. The quantitative estimate of drug-likeness (QED) is 0.756. The Labute approximate surface area is 107 Å². The number of aromatic nitrogens is 1. The van der Waals surface area contributed by atoms with Gasteiger partial charge in [-0.3, -0.25) is 9.78 Å². The van der Waals surface area contributed by atoms with Gasteiger partial charge in [0, 0.05) is 19.2 Å². The molecule has 1 heterocycles. The van der Waals surface area contributed by atoms with Crippen molar-refractivity contribution in [3.8, 4) is 5.75 Å². The summed E-state index contributed by atoms with van der Waals surface area (Å²) in [4.78, 5) is 15.5. The first-order chi connectivity index (χ1) is 8.61. The molecule has 0 saturated heterocycles. The third-order valence-corrected chi connectivity index (χ3v) is 2.53. The third-order valence-electron chi connectivity index (χ3n) is 2.53. The van der Waals surface area contributed by atoms with Gasteiger partial charge in [-0.2, -0.15) is 0 Å². The highest BCUT2D eigenvalue weighted by Crippen LogP contribution is 2.11. The highest BCUT2D eigenvalue weighted by molar-refractivity contribution is 5.76. The molecule has 0 spiro atoms. The van der Waals surface area contributed by atoms with Gasteiger partial charge in [-0.1, -0.05) is 0 Å². The van der Waals surface area contributed by atoms with E-state index < -0.39 is 0 Å². The van der Waals surface area contributed by atoms with Gasteiger partial charge in [-0.15, -0.1) is 0 Å². The Morgan fingerprint density at radius 1 is 1.56 bits per heavy atom. The molecule has 1 aromatic heterocycles. The molecule has 0 saturated carbocycles. The Bertz CT molecular complexity index is 380. The van der Waals surface area contributed by atoms with Crippen LogP contribution in [0.3, 0.4) is 0 Å². The molecule has 5 nitrogen and oxygen atoms in total. The molecule has 1 aromatic rings. The molecule has 0 radical (unpaired) electrons. The van der Waals surface area contributed by atoms with E-state index in [1.165, 1.54) is 0 Å². The van der Waals surface area contributed by atoms with Crippen LogP contribution in [0.5, 0.6) is 5.75 Å². The average Bonchev–Trinajstić information content (AvgIpc) is 2.36. The fourth-order valence-electron chi connectivity index (χ4n) is 1.48. The van der Waals surface area contributed by atoms with E-state index in [9.17, 15) is 4.79 Å². The summed E-state index contributed by atoms with van der Waals surface area (Å²) >= 11 is 0. The standard InChI is InChI=1S/C13H20N2O3/c1-10(16)5-6-15-13(17)4-3-11-7-12(18-2)9-14-8-11/h7-10,16H,3-6H2,1-2H3,(H,15,17). The number of hydrogen-bond acceptors (Lipinski definition) is 4. The topological polar surface area (TPSA) is 71.5 Å². The number of ether oxygens (including phenoxy) is 1. The molecule has 18 heavy (non-hydrogen) atoms.